The fourth-order valence-electron chi connectivity index (χ4n) is 1.38. The molecule has 0 bridgehead atoms. The van der Waals surface area contributed by atoms with Crippen molar-refractivity contribution in [3.63, 3.8) is 0 Å². The Labute approximate surface area is 113 Å². The molecule has 0 aliphatic carbocycles. The summed E-state index contributed by atoms with van der Waals surface area (Å²) in [4.78, 5) is 0. The lowest BCUT2D eigenvalue weighted by molar-refractivity contribution is 0.796. The third-order valence-corrected chi connectivity index (χ3v) is 3.88. The number of nitrogen functional groups attached to an aromatic ring is 1. The molecule has 0 aliphatic heterocycles. The fourth-order valence-corrected chi connectivity index (χ4v) is 2.47. The van der Waals surface area contributed by atoms with Crippen molar-refractivity contribution in [3.05, 3.63) is 40.1 Å². The van der Waals surface area contributed by atoms with Crippen LogP contribution in [0.15, 0.2) is 33.9 Å². The van der Waals surface area contributed by atoms with Gasteiger partial charge in [-0.1, -0.05) is 46.7 Å². The van der Waals surface area contributed by atoms with Crippen LogP contribution in [0.3, 0.4) is 0 Å². The van der Waals surface area contributed by atoms with Gasteiger partial charge in [-0.15, -0.1) is 10.2 Å². The van der Waals surface area contributed by atoms with Crippen molar-refractivity contribution < 1.29 is 0 Å². The normalized spacial score (nSPS) is 10.7. The molecule has 0 aliphatic rings. The lowest BCUT2D eigenvalue weighted by atomic mass is 10.2. The van der Waals surface area contributed by atoms with E-state index in [9.17, 15) is 0 Å². The molecule has 17 heavy (non-hydrogen) atoms. The molecule has 2 rings (SSSR count). The largest absolute Gasteiger partial charge is 0.336 e. The molecule has 0 amide bonds. The van der Waals surface area contributed by atoms with Gasteiger partial charge in [0.1, 0.15) is 0 Å². The van der Waals surface area contributed by atoms with Crippen LogP contribution in [0.25, 0.3) is 0 Å². The van der Waals surface area contributed by atoms with Crippen LogP contribution in [-0.4, -0.2) is 14.9 Å². The average molecular weight is 313 g/mol. The first kappa shape index (κ1) is 12.4. The number of nitrogens with two attached hydrogens (primary N) is 1. The van der Waals surface area contributed by atoms with Gasteiger partial charge in [0.05, 0.1) is 0 Å². The zero-order chi connectivity index (χ0) is 12.3. The standard InChI is InChI=1S/C11H13BrN4S/c1-2-10-14-15-11(16(10)13)17-7-8-3-5-9(12)6-4-8/h3-6H,2,7,13H2,1H3. The maximum absolute atomic E-state index is 5.87. The van der Waals surface area contributed by atoms with Crippen LogP contribution in [0.5, 0.6) is 0 Å². The van der Waals surface area contributed by atoms with Crippen LogP contribution in [0.1, 0.15) is 18.3 Å². The third-order valence-electron chi connectivity index (χ3n) is 2.33. The minimum absolute atomic E-state index is 0.754. The molecule has 0 radical (unpaired) electrons. The summed E-state index contributed by atoms with van der Waals surface area (Å²) in [5.74, 6) is 7.51. The summed E-state index contributed by atoms with van der Waals surface area (Å²) < 4.78 is 2.64. The Kier molecular flexibility index (Phi) is 4.06. The van der Waals surface area contributed by atoms with E-state index < -0.39 is 0 Å². The van der Waals surface area contributed by atoms with E-state index in [1.54, 1.807) is 16.4 Å². The molecule has 0 fully saturated rings. The van der Waals surface area contributed by atoms with E-state index >= 15 is 0 Å². The number of hydrogen-bond acceptors (Lipinski definition) is 4. The highest BCUT2D eigenvalue weighted by Crippen LogP contribution is 2.21. The summed E-state index contributed by atoms with van der Waals surface area (Å²) in [6.45, 7) is 2.01. The summed E-state index contributed by atoms with van der Waals surface area (Å²) in [6, 6.07) is 8.21. The van der Waals surface area contributed by atoms with Crippen molar-refractivity contribution in [2.45, 2.75) is 24.3 Å². The first-order valence-electron chi connectivity index (χ1n) is 5.27. The molecule has 0 unspecified atom stereocenters. The van der Waals surface area contributed by atoms with Gasteiger partial charge < -0.3 is 5.84 Å². The Hall–Kier alpha value is -1.01. The third kappa shape index (κ3) is 3.01. The summed E-state index contributed by atoms with van der Waals surface area (Å²) in [6.07, 6.45) is 0.794. The Morgan fingerprint density at radius 1 is 1.29 bits per heavy atom. The SMILES string of the molecule is CCc1nnc(SCc2ccc(Br)cc2)n1N. The number of benzene rings is 1. The Morgan fingerprint density at radius 2 is 2.00 bits per heavy atom. The van der Waals surface area contributed by atoms with E-state index in [2.05, 4.69) is 38.3 Å². The Balaban J connectivity index is 2.02. The summed E-state index contributed by atoms with van der Waals surface area (Å²) >= 11 is 5.00. The molecule has 6 heteroatoms. The van der Waals surface area contributed by atoms with Crippen molar-refractivity contribution >= 4 is 27.7 Å². The van der Waals surface area contributed by atoms with Gasteiger partial charge in [0.15, 0.2) is 5.82 Å². The molecule has 90 valence electrons. The van der Waals surface area contributed by atoms with E-state index in [-0.39, 0.29) is 0 Å². The van der Waals surface area contributed by atoms with Gasteiger partial charge in [0, 0.05) is 16.6 Å². The molecular formula is C11H13BrN4S. The summed E-state index contributed by atoms with van der Waals surface area (Å²) in [5.41, 5.74) is 1.24. The van der Waals surface area contributed by atoms with Crippen LogP contribution in [0, 0.1) is 0 Å². The molecule has 0 saturated heterocycles. The second-order valence-corrected chi connectivity index (χ2v) is 5.40. The molecule has 1 aromatic carbocycles. The number of aryl methyl sites for hydroxylation is 1. The second-order valence-electron chi connectivity index (χ2n) is 3.54. The van der Waals surface area contributed by atoms with Crippen molar-refractivity contribution in [2.75, 3.05) is 5.84 Å². The molecule has 2 N–H and O–H groups in total. The van der Waals surface area contributed by atoms with Gasteiger partial charge in [-0.3, -0.25) is 0 Å². The highest BCUT2D eigenvalue weighted by atomic mass is 79.9. The smallest absolute Gasteiger partial charge is 0.210 e. The predicted molar refractivity (Wildman–Crippen MR) is 73.3 cm³/mol. The van der Waals surface area contributed by atoms with E-state index in [1.807, 2.05) is 19.1 Å². The zero-order valence-corrected chi connectivity index (χ0v) is 11.8. The van der Waals surface area contributed by atoms with Crippen LogP contribution in [-0.2, 0) is 12.2 Å². The maximum atomic E-state index is 5.87. The fraction of sp³-hybridized carbons (Fsp3) is 0.273. The summed E-state index contributed by atoms with van der Waals surface area (Å²) in [5, 5.41) is 8.84. The van der Waals surface area contributed by atoms with Gasteiger partial charge in [0.2, 0.25) is 5.16 Å². The van der Waals surface area contributed by atoms with Gasteiger partial charge in [-0.05, 0) is 17.7 Å². The number of hydrogen-bond donors (Lipinski definition) is 1. The first-order valence-corrected chi connectivity index (χ1v) is 7.05. The van der Waals surface area contributed by atoms with E-state index in [1.165, 1.54) is 5.56 Å². The molecule has 0 saturated carbocycles. The molecule has 0 atom stereocenters. The molecule has 1 heterocycles. The van der Waals surface area contributed by atoms with E-state index in [0.29, 0.717) is 0 Å². The number of rotatable bonds is 4. The van der Waals surface area contributed by atoms with Gasteiger partial charge >= 0.3 is 0 Å². The minimum atomic E-state index is 0.754. The maximum Gasteiger partial charge on any atom is 0.210 e. The first-order chi connectivity index (χ1) is 8.20. The lowest BCUT2D eigenvalue weighted by Crippen LogP contribution is -2.13. The van der Waals surface area contributed by atoms with Gasteiger partial charge in [-0.25, -0.2) is 4.68 Å². The monoisotopic (exact) mass is 312 g/mol. The van der Waals surface area contributed by atoms with E-state index in [0.717, 1.165) is 27.6 Å². The van der Waals surface area contributed by atoms with Crippen LogP contribution in [0.4, 0.5) is 0 Å². The highest BCUT2D eigenvalue weighted by molar-refractivity contribution is 9.10. The molecule has 1 aromatic heterocycles. The second kappa shape index (κ2) is 5.55. The molecule has 2 aromatic rings. The highest BCUT2D eigenvalue weighted by Gasteiger charge is 2.08. The average Bonchev–Trinajstić information content (AvgIpc) is 2.69. The number of halogens is 1. The molecular weight excluding hydrogens is 300 g/mol. The quantitative estimate of drug-likeness (QED) is 0.696. The Morgan fingerprint density at radius 3 is 2.59 bits per heavy atom. The van der Waals surface area contributed by atoms with E-state index in [4.69, 9.17) is 5.84 Å². The van der Waals surface area contributed by atoms with Crippen molar-refractivity contribution in [2.24, 2.45) is 0 Å². The predicted octanol–water partition coefficient (Wildman–Crippen LogP) is 2.61. The van der Waals surface area contributed by atoms with Crippen LogP contribution in [0.2, 0.25) is 0 Å². The molecule has 4 nitrogen and oxygen atoms in total. The topological polar surface area (TPSA) is 56.7 Å². The Bertz CT molecular complexity index is 495. The zero-order valence-electron chi connectivity index (χ0n) is 9.43. The van der Waals surface area contributed by atoms with Crippen molar-refractivity contribution in [1.29, 1.82) is 0 Å². The van der Waals surface area contributed by atoms with Gasteiger partial charge in [0.25, 0.3) is 0 Å². The number of thioether (sulfide) groups is 1. The lowest BCUT2D eigenvalue weighted by Gasteiger charge is -2.02. The molecule has 0 spiro atoms. The van der Waals surface area contributed by atoms with Crippen molar-refractivity contribution in [1.82, 2.24) is 14.9 Å². The van der Waals surface area contributed by atoms with Crippen molar-refractivity contribution in [3.8, 4) is 0 Å². The van der Waals surface area contributed by atoms with Crippen LogP contribution < -0.4 is 5.84 Å². The van der Waals surface area contributed by atoms with Crippen LogP contribution >= 0.6 is 27.7 Å². The summed E-state index contributed by atoms with van der Waals surface area (Å²) in [7, 11) is 0. The minimum Gasteiger partial charge on any atom is -0.336 e. The number of aromatic nitrogens is 3. The number of nitrogens with zero attached hydrogens (tertiary/aromatic N) is 3. The van der Waals surface area contributed by atoms with Gasteiger partial charge in [-0.2, -0.15) is 0 Å².